The minimum absolute atomic E-state index is 0.840. The van der Waals surface area contributed by atoms with Gasteiger partial charge in [0.25, 0.3) is 0 Å². The van der Waals surface area contributed by atoms with Crippen molar-refractivity contribution in [2.45, 2.75) is 52.4 Å². The third-order valence-corrected chi connectivity index (χ3v) is 3.14. The van der Waals surface area contributed by atoms with E-state index < -0.39 is 0 Å². The zero-order chi connectivity index (χ0) is 12.5. The molecule has 0 aliphatic carbocycles. The lowest BCUT2D eigenvalue weighted by atomic mass is 10.1. The van der Waals surface area contributed by atoms with Gasteiger partial charge in [0.2, 0.25) is 0 Å². The molecule has 0 spiro atoms. The number of rotatable bonds is 8. The molecule has 0 aliphatic rings. The number of benzene rings is 1. The average molecular weight is 233 g/mol. The molecule has 1 rings (SSSR count). The molecule has 1 aromatic carbocycles. The van der Waals surface area contributed by atoms with Crippen LogP contribution in [-0.2, 0) is 0 Å². The predicted molar refractivity (Wildman–Crippen MR) is 74.5 cm³/mol. The first-order valence-electron chi connectivity index (χ1n) is 6.73. The summed E-state index contributed by atoms with van der Waals surface area (Å²) in [5.41, 5.74) is 2.63. The van der Waals surface area contributed by atoms with Gasteiger partial charge >= 0.3 is 0 Å². The van der Waals surface area contributed by atoms with E-state index in [-0.39, 0.29) is 0 Å². The standard InChI is InChI=1S/C16H25O/c1-4-5-6-7-8-9-12-17-16-11-10-14(2)15(3)13-16/h10-11,13H,1,4-9,12H2,2-3H3. The van der Waals surface area contributed by atoms with Gasteiger partial charge in [-0.15, -0.1) is 0 Å². The Morgan fingerprint density at radius 2 is 1.65 bits per heavy atom. The predicted octanol–water partition coefficient (Wildman–Crippen LogP) is 4.86. The molecule has 0 fully saturated rings. The summed E-state index contributed by atoms with van der Waals surface area (Å²) in [7, 11) is 0. The van der Waals surface area contributed by atoms with Crippen LogP contribution in [0.1, 0.15) is 49.7 Å². The molecule has 0 saturated carbocycles. The van der Waals surface area contributed by atoms with E-state index in [4.69, 9.17) is 4.74 Å². The summed E-state index contributed by atoms with van der Waals surface area (Å²) in [5.74, 6) is 1.01. The van der Waals surface area contributed by atoms with Crippen molar-refractivity contribution < 1.29 is 4.74 Å². The van der Waals surface area contributed by atoms with Crippen molar-refractivity contribution in [1.82, 2.24) is 0 Å². The second kappa shape index (κ2) is 8.16. The number of hydrogen-bond acceptors (Lipinski definition) is 1. The first-order valence-corrected chi connectivity index (χ1v) is 6.73. The molecule has 0 amide bonds. The van der Waals surface area contributed by atoms with E-state index in [0.717, 1.165) is 25.2 Å². The largest absolute Gasteiger partial charge is 0.494 e. The first-order chi connectivity index (χ1) is 8.24. The van der Waals surface area contributed by atoms with Crippen molar-refractivity contribution in [3.63, 3.8) is 0 Å². The second-order valence-electron chi connectivity index (χ2n) is 4.72. The highest BCUT2D eigenvalue weighted by Gasteiger charge is 1.97. The third kappa shape index (κ3) is 5.76. The maximum absolute atomic E-state index is 5.74. The molecule has 1 heteroatoms. The van der Waals surface area contributed by atoms with Gasteiger partial charge in [-0.1, -0.05) is 45.1 Å². The third-order valence-electron chi connectivity index (χ3n) is 3.14. The minimum Gasteiger partial charge on any atom is -0.494 e. The number of hydrogen-bond donors (Lipinski definition) is 0. The van der Waals surface area contributed by atoms with E-state index in [1.165, 1.54) is 36.8 Å². The lowest BCUT2D eigenvalue weighted by Gasteiger charge is -2.08. The average Bonchev–Trinajstić information content (AvgIpc) is 2.32. The minimum atomic E-state index is 0.840. The van der Waals surface area contributed by atoms with Crippen LogP contribution in [0.15, 0.2) is 18.2 Å². The van der Waals surface area contributed by atoms with Gasteiger partial charge in [-0.2, -0.15) is 0 Å². The van der Waals surface area contributed by atoms with E-state index >= 15 is 0 Å². The second-order valence-corrected chi connectivity index (χ2v) is 4.72. The topological polar surface area (TPSA) is 9.23 Å². The van der Waals surface area contributed by atoms with Crippen molar-refractivity contribution in [1.29, 1.82) is 0 Å². The Bertz CT molecular complexity index is 317. The van der Waals surface area contributed by atoms with E-state index in [1.807, 2.05) is 0 Å². The highest BCUT2D eigenvalue weighted by molar-refractivity contribution is 5.33. The Morgan fingerprint density at radius 1 is 0.941 bits per heavy atom. The van der Waals surface area contributed by atoms with E-state index in [9.17, 15) is 0 Å². The van der Waals surface area contributed by atoms with Crippen LogP contribution in [0.5, 0.6) is 5.75 Å². The van der Waals surface area contributed by atoms with Gasteiger partial charge in [0.1, 0.15) is 5.75 Å². The van der Waals surface area contributed by atoms with Gasteiger partial charge in [-0.05, 0) is 43.5 Å². The van der Waals surface area contributed by atoms with Gasteiger partial charge < -0.3 is 4.74 Å². The molecule has 0 atom stereocenters. The Morgan fingerprint density at radius 3 is 2.35 bits per heavy atom. The van der Waals surface area contributed by atoms with Gasteiger partial charge in [0, 0.05) is 0 Å². The Kier molecular flexibility index (Phi) is 6.76. The molecule has 0 aromatic heterocycles. The molecular weight excluding hydrogens is 208 g/mol. The van der Waals surface area contributed by atoms with Crippen molar-refractivity contribution in [2.24, 2.45) is 0 Å². The molecule has 0 heterocycles. The maximum atomic E-state index is 5.74. The van der Waals surface area contributed by atoms with Crippen LogP contribution in [0.25, 0.3) is 0 Å². The number of ether oxygens (including phenoxy) is 1. The maximum Gasteiger partial charge on any atom is 0.119 e. The Labute approximate surface area is 106 Å². The van der Waals surface area contributed by atoms with Crippen LogP contribution in [0.4, 0.5) is 0 Å². The summed E-state index contributed by atoms with van der Waals surface area (Å²) >= 11 is 0. The van der Waals surface area contributed by atoms with Crippen LogP contribution in [-0.4, -0.2) is 6.61 Å². The highest BCUT2D eigenvalue weighted by Crippen LogP contribution is 2.16. The normalized spacial score (nSPS) is 10.5. The van der Waals surface area contributed by atoms with Crippen molar-refractivity contribution in [3.8, 4) is 5.75 Å². The van der Waals surface area contributed by atoms with Crippen LogP contribution in [0.3, 0.4) is 0 Å². The van der Waals surface area contributed by atoms with Crippen LogP contribution < -0.4 is 4.74 Å². The highest BCUT2D eigenvalue weighted by atomic mass is 16.5. The Balaban J connectivity index is 2.11. The smallest absolute Gasteiger partial charge is 0.119 e. The fraction of sp³-hybridized carbons (Fsp3) is 0.562. The first kappa shape index (κ1) is 14.1. The molecule has 1 nitrogen and oxygen atoms in total. The van der Waals surface area contributed by atoms with Gasteiger partial charge in [-0.25, -0.2) is 0 Å². The summed E-state index contributed by atoms with van der Waals surface area (Å²) in [5, 5.41) is 0. The summed E-state index contributed by atoms with van der Waals surface area (Å²) in [6.07, 6.45) is 7.38. The quantitative estimate of drug-likeness (QED) is 0.583. The van der Waals surface area contributed by atoms with Gasteiger partial charge in [0.05, 0.1) is 6.61 Å². The van der Waals surface area contributed by atoms with Gasteiger partial charge in [-0.3, -0.25) is 0 Å². The van der Waals surface area contributed by atoms with E-state index in [0.29, 0.717) is 0 Å². The summed E-state index contributed by atoms with van der Waals surface area (Å²) in [6.45, 7) is 8.94. The molecule has 0 bridgehead atoms. The summed E-state index contributed by atoms with van der Waals surface area (Å²) in [6, 6.07) is 6.31. The molecule has 0 unspecified atom stereocenters. The van der Waals surface area contributed by atoms with Crippen molar-refractivity contribution in [2.75, 3.05) is 6.61 Å². The van der Waals surface area contributed by atoms with E-state index in [1.54, 1.807) is 0 Å². The van der Waals surface area contributed by atoms with Crippen LogP contribution in [0.2, 0.25) is 0 Å². The molecule has 0 aliphatic heterocycles. The fourth-order valence-corrected chi connectivity index (χ4v) is 1.80. The van der Waals surface area contributed by atoms with Crippen molar-refractivity contribution >= 4 is 0 Å². The molecule has 0 N–H and O–H groups in total. The zero-order valence-corrected chi connectivity index (χ0v) is 11.3. The molecule has 1 aromatic rings. The molecule has 95 valence electrons. The molecule has 0 saturated heterocycles. The SMILES string of the molecule is [CH2]CCCCCCCOc1ccc(C)c(C)c1. The van der Waals surface area contributed by atoms with Crippen molar-refractivity contribution in [3.05, 3.63) is 36.2 Å². The lowest BCUT2D eigenvalue weighted by molar-refractivity contribution is 0.304. The lowest BCUT2D eigenvalue weighted by Crippen LogP contribution is -1.97. The van der Waals surface area contributed by atoms with Gasteiger partial charge in [0.15, 0.2) is 0 Å². The fourth-order valence-electron chi connectivity index (χ4n) is 1.80. The van der Waals surface area contributed by atoms with E-state index in [2.05, 4.69) is 39.0 Å². The summed E-state index contributed by atoms with van der Waals surface area (Å²) < 4.78 is 5.74. The molecule has 17 heavy (non-hydrogen) atoms. The summed E-state index contributed by atoms with van der Waals surface area (Å²) in [4.78, 5) is 0. The Hall–Kier alpha value is -0.980. The molecular formula is C16H25O. The molecule has 1 radical (unpaired) electrons. The number of aryl methyl sites for hydroxylation is 2. The van der Waals surface area contributed by atoms with Crippen LogP contribution >= 0.6 is 0 Å². The van der Waals surface area contributed by atoms with Crippen LogP contribution in [0, 0.1) is 20.8 Å². The zero-order valence-electron chi connectivity index (χ0n) is 11.3. The monoisotopic (exact) mass is 233 g/mol. The number of unbranched alkanes of at least 4 members (excludes halogenated alkanes) is 5.